The predicted molar refractivity (Wildman–Crippen MR) is 85.0 cm³/mol. The Labute approximate surface area is 123 Å². The van der Waals surface area contributed by atoms with Gasteiger partial charge < -0.3 is 5.32 Å². The van der Waals surface area contributed by atoms with E-state index in [1.807, 2.05) is 42.5 Å². The summed E-state index contributed by atoms with van der Waals surface area (Å²) in [7, 11) is -3.75. The van der Waals surface area contributed by atoms with Crippen molar-refractivity contribution in [3.05, 3.63) is 66.7 Å². The minimum Gasteiger partial charge on any atom is -0.355 e. The first-order valence-electron chi connectivity index (χ1n) is 6.42. The third kappa shape index (κ3) is 2.74. The fraction of sp³-hybridized carbons (Fsp3) is 0. The van der Waals surface area contributed by atoms with Crippen LogP contribution in [0.4, 0.5) is 11.4 Å². The molecule has 0 unspecified atom stereocenters. The van der Waals surface area contributed by atoms with Gasteiger partial charge in [0, 0.05) is 22.1 Å². The summed E-state index contributed by atoms with van der Waals surface area (Å²) in [6.07, 6.45) is 0. The zero-order valence-corrected chi connectivity index (χ0v) is 12.0. The second kappa shape index (κ2) is 5.20. The standard InChI is InChI=1S/C16H14N2O2S/c17-21(19,20)16-11-10-15(13-8-4-5-9-14(13)16)18-12-6-2-1-3-7-12/h1-11,18H,(H2,17,19,20). The molecule has 0 bridgehead atoms. The molecular weight excluding hydrogens is 284 g/mol. The molecule has 4 nitrogen and oxygen atoms in total. The average molecular weight is 298 g/mol. The maximum Gasteiger partial charge on any atom is 0.238 e. The van der Waals surface area contributed by atoms with Crippen LogP contribution in [0.15, 0.2) is 71.6 Å². The minimum absolute atomic E-state index is 0.136. The zero-order valence-electron chi connectivity index (χ0n) is 11.2. The third-order valence-electron chi connectivity index (χ3n) is 3.24. The lowest BCUT2D eigenvalue weighted by Gasteiger charge is -2.12. The molecule has 0 amide bonds. The van der Waals surface area contributed by atoms with E-state index in [0.717, 1.165) is 16.8 Å². The Kier molecular flexibility index (Phi) is 3.37. The fourth-order valence-electron chi connectivity index (χ4n) is 2.31. The van der Waals surface area contributed by atoms with Gasteiger partial charge >= 0.3 is 0 Å². The smallest absolute Gasteiger partial charge is 0.238 e. The number of anilines is 2. The monoisotopic (exact) mass is 298 g/mol. The summed E-state index contributed by atoms with van der Waals surface area (Å²) in [5.74, 6) is 0. The zero-order chi connectivity index (χ0) is 14.9. The molecule has 3 aromatic carbocycles. The number of nitrogens with two attached hydrogens (primary N) is 1. The van der Waals surface area contributed by atoms with Crippen molar-refractivity contribution in [2.24, 2.45) is 5.14 Å². The fourth-order valence-corrected chi connectivity index (χ4v) is 3.05. The quantitative estimate of drug-likeness (QED) is 0.779. The van der Waals surface area contributed by atoms with Gasteiger partial charge in [-0.15, -0.1) is 0 Å². The Morgan fingerprint density at radius 2 is 1.38 bits per heavy atom. The number of fused-ring (bicyclic) bond motifs is 1. The van der Waals surface area contributed by atoms with Crippen LogP contribution in [0.3, 0.4) is 0 Å². The summed E-state index contributed by atoms with van der Waals surface area (Å²) in [4.78, 5) is 0.136. The van der Waals surface area contributed by atoms with Crippen LogP contribution in [0.25, 0.3) is 10.8 Å². The molecule has 0 fully saturated rings. The van der Waals surface area contributed by atoms with E-state index >= 15 is 0 Å². The van der Waals surface area contributed by atoms with Gasteiger partial charge in [-0.1, -0.05) is 42.5 Å². The topological polar surface area (TPSA) is 72.2 Å². The van der Waals surface area contributed by atoms with Crippen LogP contribution < -0.4 is 10.5 Å². The maximum atomic E-state index is 11.7. The number of hydrogen-bond donors (Lipinski definition) is 2. The normalized spacial score (nSPS) is 11.5. The van der Waals surface area contributed by atoms with E-state index in [1.165, 1.54) is 6.07 Å². The maximum absolute atomic E-state index is 11.7. The molecule has 0 radical (unpaired) electrons. The molecule has 0 aliphatic carbocycles. The van der Waals surface area contributed by atoms with Gasteiger partial charge in [-0.25, -0.2) is 13.6 Å². The van der Waals surface area contributed by atoms with Crippen LogP contribution in [-0.2, 0) is 10.0 Å². The van der Waals surface area contributed by atoms with Crippen LogP contribution in [-0.4, -0.2) is 8.42 Å². The van der Waals surface area contributed by atoms with Gasteiger partial charge in [0.15, 0.2) is 0 Å². The summed E-state index contributed by atoms with van der Waals surface area (Å²) in [6, 6.07) is 20.2. The van der Waals surface area contributed by atoms with Crippen LogP contribution in [0.2, 0.25) is 0 Å². The second-order valence-electron chi connectivity index (χ2n) is 4.69. The highest BCUT2D eigenvalue weighted by Gasteiger charge is 2.14. The summed E-state index contributed by atoms with van der Waals surface area (Å²) in [6.45, 7) is 0. The molecule has 0 heterocycles. The van der Waals surface area contributed by atoms with Crippen molar-refractivity contribution in [2.75, 3.05) is 5.32 Å². The third-order valence-corrected chi connectivity index (χ3v) is 4.21. The summed E-state index contributed by atoms with van der Waals surface area (Å²) in [5.41, 5.74) is 1.77. The predicted octanol–water partition coefficient (Wildman–Crippen LogP) is 3.23. The average Bonchev–Trinajstić information content (AvgIpc) is 2.47. The van der Waals surface area contributed by atoms with Crippen LogP contribution in [0.5, 0.6) is 0 Å². The number of hydrogen-bond acceptors (Lipinski definition) is 3. The van der Waals surface area contributed by atoms with E-state index in [0.29, 0.717) is 5.39 Å². The number of benzene rings is 3. The Morgan fingerprint density at radius 1 is 0.762 bits per heavy atom. The van der Waals surface area contributed by atoms with Crippen molar-refractivity contribution >= 4 is 32.2 Å². The van der Waals surface area contributed by atoms with E-state index in [9.17, 15) is 8.42 Å². The molecule has 0 saturated heterocycles. The summed E-state index contributed by atoms with van der Waals surface area (Å²) in [5, 5.41) is 9.99. The van der Waals surface area contributed by atoms with E-state index < -0.39 is 10.0 Å². The van der Waals surface area contributed by atoms with Crippen molar-refractivity contribution in [1.82, 2.24) is 0 Å². The lowest BCUT2D eigenvalue weighted by molar-refractivity contribution is 0.598. The molecule has 106 valence electrons. The van der Waals surface area contributed by atoms with E-state index in [-0.39, 0.29) is 4.90 Å². The van der Waals surface area contributed by atoms with Gasteiger partial charge in [-0.05, 0) is 24.3 Å². The SMILES string of the molecule is NS(=O)(=O)c1ccc(Nc2ccccc2)c2ccccc12. The summed E-state index contributed by atoms with van der Waals surface area (Å²) < 4.78 is 23.3. The molecule has 0 aliphatic heterocycles. The highest BCUT2D eigenvalue weighted by Crippen LogP contribution is 2.30. The Bertz CT molecular complexity index is 891. The van der Waals surface area contributed by atoms with Crippen molar-refractivity contribution < 1.29 is 8.42 Å². The van der Waals surface area contributed by atoms with Crippen LogP contribution in [0, 0.1) is 0 Å². The molecule has 3 N–H and O–H groups in total. The van der Waals surface area contributed by atoms with Crippen molar-refractivity contribution in [3.63, 3.8) is 0 Å². The lowest BCUT2D eigenvalue weighted by atomic mass is 10.1. The van der Waals surface area contributed by atoms with E-state index in [1.54, 1.807) is 18.2 Å². The van der Waals surface area contributed by atoms with Crippen molar-refractivity contribution in [2.45, 2.75) is 4.90 Å². The van der Waals surface area contributed by atoms with Crippen molar-refractivity contribution in [1.29, 1.82) is 0 Å². The lowest BCUT2D eigenvalue weighted by Crippen LogP contribution is -2.12. The first-order chi connectivity index (χ1) is 10.1. The van der Waals surface area contributed by atoms with Crippen LogP contribution >= 0.6 is 0 Å². The van der Waals surface area contributed by atoms with Gasteiger partial charge in [-0.2, -0.15) is 0 Å². The summed E-state index contributed by atoms with van der Waals surface area (Å²) >= 11 is 0. The number of sulfonamides is 1. The molecular formula is C16H14N2O2S. The number of primary sulfonamides is 1. The number of para-hydroxylation sites is 1. The Morgan fingerprint density at radius 3 is 2.05 bits per heavy atom. The Hall–Kier alpha value is -2.37. The Balaban J connectivity index is 2.18. The van der Waals surface area contributed by atoms with E-state index in [2.05, 4.69) is 5.32 Å². The van der Waals surface area contributed by atoms with Gasteiger partial charge in [0.05, 0.1) is 4.90 Å². The first-order valence-corrected chi connectivity index (χ1v) is 7.97. The largest absolute Gasteiger partial charge is 0.355 e. The first kappa shape index (κ1) is 13.6. The molecule has 3 rings (SSSR count). The van der Waals surface area contributed by atoms with Gasteiger partial charge in [0.1, 0.15) is 0 Å². The van der Waals surface area contributed by atoms with Gasteiger partial charge in [-0.3, -0.25) is 0 Å². The van der Waals surface area contributed by atoms with Crippen molar-refractivity contribution in [3.8, 4) is 0 Å². The van der Waals surface area contributed by atoms with Gasteiger partial charge in [0.25, 0.3) is 0 Å². The molecule has 5 heteroatoms. The second-order valence-corrected chi connectivity index (χ2v) is 6.22. The molecule has 0 aromatic heterocycles. The molecule has 0 atom stereocenters. The molecule has 0 aliphatic rings. The molecule has 3 aromatic rings. The minimum atomic E-state index is -3.75. The van der Waals surface area contributed by atoms with Gasteiger partial charge in [0.2, 0.25) is 10.0 Å². The van der Waals surface area contributed by atoms with E-state index in [4.69, 9.17) is 5.14 Å². The number of nitrogens with one attached hydrogen (secondary N) is 1. The molecule has 0 spiro atoms. The molecule has 21 heavy (non-hydrogen) atoms. The van der Waals surface area contributed by atoms with Crippen LogP contribution in [0.1, 0.15) is 0 Å². The highest BCUT2D eigenvalue weighted by molar-refractivity contribution is 7.89. The molecule has 0 saturated carbocycles. The highest BCUT2D eigenvalue weighted by atomic mass is 32.2. The number of rotatable bonds is 3.